The van der Waals surface area contributed by atoms with Crippen molar-refractivity contribution in [1.82, 2.24) is 5.32 Å². The summed E-state index contributed by atoms with van der Waals surface area (Å²) in [4.78, 5) is 12.0. The summed E-state index contributed by atoms with van der Waals surface area (Å²) in [6.45, 7) is 0.912. The number of piperidine rings is 1. The second kappa shape index (κ2) is 5.85. The molecule has 1 heterocycles. The third-order valence-electron chi connectivity index (χ3n) is 2.81. The molecule has 0 radical (unpaired) electrons. The SMILES string of the molecule is O=C(Nc1cc(Cl)ccc1Br)C1CCCCN1. The van der Waals surface area contributed by atoms with Crippen LogP contribution in [0.15, 0.2) is 22.7 Å². The molecule has 92 valence electrons. The van der Waals surface area contributed by atoms with E-state index < -0.39 is 0 Å². The van der Waals surface area contributed by atoms with Crippen molar-refractivity contribution in [3.63, 3.8) is 0 Å². The molecule has 3 nitrogen and oxygen atoms in total. The third-order valence-corrected chi connectivity index (χ3v) is 3.74. The minimum Gasteiger partial charge on any atom is -0.324 e. The molecule has 0 aromatic heterocycles. The van der Waals surface area contributed by atoms with E-state index in [2.05, 4.69) is 26.6 Å². The molecule has 17 heavy (non-hydrogen) atoms. The van der Waals surface area contributed by atoms with Crippen molar-refractivity contribution in [3.05, 3.63) is 27.7 Å². The number of benzene rings is 1. The smallest absolute Gasteiger partial charge is 0.241 e. The highest BCUT2D eigenvalue weighted by Gasteiger charge is 2.20. The Bertz CT molecular complexity index is 419. The van der Waals surface area contributed by atoms with Crippen LogP contribution in [0, 0.1) is 0 Å². The van der Waals surface area contributed by atoms with Crippen molar-refractivity contribution in [2.45, 2.75) is 25.3 Å². The lowest BCUT2D eigenvalue weighted by Gasteiger charge is -2.22. The van der Waals surface area contributed by atoms with E-state index in [9.17, 15) is 4.79 Å². The van der Waals surface area contributed by atoms with E-state index in [-0.39, 0.29) is 11.9 Å². The summed E-state index contributed by atoms with van der Waals surface area (Å²) in [5.41, 5.74) is 0.717. The Kier molecular flexibility index (Phi) is 4.42. The minimum absolute atomic E-state index is 0.00710. The average Bonchev–Trinajstić information content (AvgIpc) is 2.35. The van der Waals surface area contributed by atoms with E-state index in [1.807, 2.05) is 6.07 Å². The fourth-order valence-corrected chi connectivity index (χ4v) is 2.41. The number of amides is 1. The van der Waals surface area contributed by atoms with Gasteiger partial charge in [-0.2, -0.15) is 0 Å². The molecule has 0 spiro atoms. The summed E-state index contributed by atoms with van der Waals surface area (Å²) in [6, 6.07) is 5.26. The standard InChI is InChI=1S/C12H14BrClN2O/c13-9-5-4-8(14)7-11(9)16-12(17)10-3-1-2-6-15-10/h4-5,7,10,15H,1-3,6H2,(H,16,17). The largest absolute Gasteiger partial charge is 0.324 e. The summed E-state index contributed by atoms with van der Waals surface area (Å²) >= 11 is 9.29. The minimum atomic E-state index is -0.0883. The lowest BCUT2D eigenvalue weighted by Crippen LogP contribution is -2.43. The van der Waals surface area contributed by atoms with Crippen molar-refractivity contribution in [1.29, 1.82) is 0 Å². The van der Waals surface area contributed by atoms with Crippen molar-refractivity contribution >= 4 is 39.1 Å². The Hall–Kier alpha value is -0.580. The molecule has 2 N–H and O–H groups in total. The normalized spacial score (nSPS) is 20.0. The summed E-state index contributed by atoms with van der Waals surface area (Å²) in [5.74, 6) is 0.00710. The second-order valence-corrected chi connectivity index (χ2v) is 5.41. The first-order valence-electron chi connectivity index (χ1n) is 5.66. The highest BCUT2D eigenvalue weighted by Crippen LogP contribution is 2.26. The van der Waals surface area contributed by atoms with Gasteiger partial charge in [-0.3, -0.25) is 4.79 Å². The van der Waals surface area contributed by atoms with E-state index in [0.29, 0.717) is 5.02 Å². The van der Waals surface area contributed by atoms with Crippen LogP contribution >= 0.6 is 27.5 Å². The third kappa shape index (κ3) is 3.44. The molecule has 1 aliphatic heterocycles. The number of hydrogen-bond donors (Lipinski definition) is 2. The summed E-state index contributed by atoms with van der Waals surface area (Å²) < 4.78 is 0.839. The Morgan fingerprint density at radius 3 is 3.00 bits per heavy atom. The van der Waals surface area contributed by atoms with Crippen LogP contribution in [0.3, 0.4) is 0 Å². The molecule has 1 saturated heterocycles. The molecular weight excluding hydrogens is 304 g/mol. The summed E-state index contributed by atoms with van der Waals surface area (Å²) in [7, 11) is 0. The van der Waals surface area contributed by atoms with Crippen LogP contribution in [0.5, 0.6) is 0 Å². The van der Waals surface area contributed by atoms with Gasteiger partial charge in [-0.05, 0) is 53.5 Å². The van der Waals surface area contributed by atoms with Crippen molar-refractivity contribution in [2.75, 3.05) is 11.9 Å². The van der Waals surface area contributed by atoms with E-state index in [1.165, 1.54) is 0 Å². The van der Waals surface area contributed by atoms with Crippen LogP contribution in [0.4, 0.5) is 5.69 Å². The number of carbonyl (C=O) groups excluding carboxylic acids is 1. The maximum absolute atomic E-state index is 12.0. The van der Waals surface area contributed by atoms with Gasteiger partial charge in [0.05, 0.1) is 11.7 Å². The Labute approximate surface area is 114 Å². The molecule has 1 unspecified atom stereocenters. The molecule has 5 heteroatoms. The van der Waals surface area contributed by atoms with Gasteiger partial charge in [0.25, 0.3) is 0 Å². The molecular formula is C12H14BrClN2O. The van der Waals surface area contributed by atoms with Crippen LogP contribution in [-0.2, 0) is 4.79 Å². The van der Waals surface area contributed by atoms with Crippen LogP contribution in [0.25, 0.3) is 0 Å². The molecule has 0 aliphatic carbocycles. The van der Waals surface area contributed by atoms with Gasteiger partial charge in [-0.1, -0.05) is 18.0 Å². The van der Waals surface area contributed by atoms with Gasteiger partial charge in [0.1, 0.15) is 0 Å². The first-order chi connectivity index (χ1) is 8.16. The van der Waals surface area contributed by atoms with Crippen LogP contribution < -0.4 is 10.6 Å². The van der Waals surface area contributed by atoms with Gasteiger partial charge >= 0.3 is 0 Å². The van der Waals surface area contributed by atoms with Crippen molar-refractivity contribution < 1.29 is 4.79 Å². The molecule has 1 atom stereocenters. The zero-order valence-corrected chi connectivity index (χ0v) is 11.6. The van der Waals surface area contributed by atoms with Gasteiger partial charge in [0.2, 0.25) is 5.91 Å². The summed E-state index contributed by atoms with van der Waals surface area (Å²) in [6.07, 6.45) is 3.14. The zero-order valence-electron chi connectivity index (χ0n) is 9.30. The van der Waals surface area contributed by atoms with E-state index in [4.69, 9.17) is 11.6 Å². The van der Waals surface area contributed by atoms with E-state index >= 15 is 0 Å². The predicted octanol–water partition coefficient (Wildman–Crippen LogP) is 3.18. The summed E-state index contributed by atoms with van der Waals surface area (Å²) in [5, 5.41) is 6.71. The molecule has 0 bridgehead atoms. The van der Waals surface area contributed by atoms with Crippen LogP contribution in [-0.4, -0.2) is 18.5 Å². The highest BCUT2D eigenvalue weighted by atomic mass is 79.9. The van der Waals surface area contributed by atoms with Crippen LogP contribution in [0.1, 0.15) is 19.3 Å². The van der Waals surface area contributed by atoms with E-state index in [1.54, 1.807) is 12.1 Å². The Balaban J connectivity index is 2.04. The lowest BCUT2D eigenvalue weighted by molar-refractivity contribution is -0.118. The van der Waals surface area contributed by atoms with Gasteiger partial charge in [0, 0.05) is 9.50 Å². The zero-order chi connectivity index (χ0) is 12.3. The fraction of sp³-hybridized carbons (Fsp3) is 0.417. The van der Waals surface area contributed by atoms with Crippen LogP contribution in [0.2, 0.25) is 5.02 Å². The number of anilines is 1. The number of rotatable bonds is 2. The second-order valence-electron chi connectivity index (χ2n) is 4.12. The molecule has 1 aromatic carbocycles. The molecule has 1 amide bonds. The number of hydrogen-bond acceptors (Lipinski definition) is 2. The Morgan fingerprint density at radius 1 is 1.47 bits per heavy atom. The maximum Gasteiger partial charge on any atom is 0.241 e. The number of nitrogens with one attached hydrogen (secondary N) is 2. The van der Waals surface area contributed by atoms with Crippen molar-refractivity contribution in [3.8, 4) is 0 Å². The average molecular weight is 318 g/mol. The Morgan fingerprint density at radius 2 is 2.29 bits per heavy atom. The maximum atomic E-state index is 12.0. The molecule has 1 aliphatic rings. The first-order valence-corrected chi connectivity index (χ1v) is 6.83. The molecule has 2 rings (SSSR count). The van der Waals surface area contributed by atoms with Crippen molar-refractivity contribution in [2.24, 2.45) is 0 Å². The van der Waals surface area contributed by atoms with Gasteiger partial charge < -0.3 is 10.6 Å². The lowest BCUT2D eigenvalue weighted by atomic mass is 10.0. The quantitative estimate of drug-likeness (QED) is 0.879. The fourth-order valence-electron chi connectivity index (χ4n) is 1.89. The molecule has 1 fully saturated rings. The topological polar surface area (TPSA) is 41.1 Å². The molecule has 1 aromatic rings. The number of halogens is 2. The number of carbonyl (C=O) groups is 1. The highest BCUT2D eigenvalue weighted by molar-refractivity contribution is 9.10. The van der Waals surface area contributed by atoms with Gasteiger partial charge in [-0.25, -0.2) is 0 Å². The monoisotopic (exact) mass is 316 g/mol. The van der Waals surface area contributed by atoms with Gasteiger partial charge in [0.15, 0.2) is 0 Å². The van der Waals surface area contributed by atoms with Gasteiger partial charge in [-0.15, -0.1) is 0 Å². The predicted molar refractivity (Wildman–Crippen MR) is 73.4 cm³/mol. The first kappa shape index (κ1) is 12.9. The molecule has 0 saturated carbocycles. The van der Waals surface area contributed by atoms with E-state index in [0.717, 1.165) is 36.0 Å².